The van der Waals surface area contributed by atoms with E-state index in [0.717, 1.165) is 0 Å². The van der Waals surface area contributed by atoms with Crippen LogP contribution in [0.5, 0.6) is 0 Å². The number of nitrogens with one attached hydrogen (secondary N) is 1. The van der Waals surface area contributed by atoms with Gasteiger partial charge in [0.05, 0.1) is 10.0 Å². The van der Waals surface area contributed by atoms with Gasteiger partial charge in [-0.25, -0.2) is 0 Å². The summed E-state index contributed by atoms with van der Waals surface area (Å²) in [7, 11) is 0. The highest BCUT2D eigenvalue weighted by molar-refractivity contribution is 6.44. The van der Waals surface area contributed by atoms with E-state index in [1.54, 1.807) is 6.07 Å². The first kappa shape index (κ1) is 12.2. The monoisotopic (exact) mass is 265 g/mol. The van der Waals surface area contributed by atoms with Crippen LogP contribution in [0.3, 0.4) is 0 Å². The van der Waals surface area contributed by atoms with E-state index in [1.807, 2.05) is 0 Å². The van der Waals surface area contributed by atoms with Crippen LogP contribution in [0.4, 0.5) is 5.69 Å². The van der Waals surface area contributed by atoms with E-state index in [9.17, 15) is 4.79 Å². The van der Waals surface area contributed by atoms with E-state index in [1.165, 1.54) is 12.1 Å². The van der Waals surface area contributed by atoms with Crippen LogP contribution in [0.2, 0.25) is 10.0 Å². The Kier molecular flexibility index (Phi) is 4.27. The number of carbonyl (C=O) groups is 1. The largest absolute Gasteiger partial charge is 0.514 e. The summed E-state index contributed by atoms with van der Waals surface area (Å²) in [6, 6.07) is 4.58. The molecule has 3 nitrogen and oxygen atoms in total. The van der Waals surface area contributed by atoms with Crippen molar-refractivity contribution in [3.05, 3.63) is 39.5 Å². The molecule has 1 amide bonds. The molecule has 1 rings (SSSR count). The van der Waals surface area contributed by atoms with Crippen molar-refractivity contribution in [1.82, 2.24) is 0 Å². The van der Waals surface area contributed by atoms with Gasteiger partial charge >= 0.3 is 0 Å². The van der Waals surface area contributed by atoms with Crippen LogP contribution in [0.15, 0.2) is 29.5 Å². The molecule has 0 saturated carbocycles. The lowest BCUT2D eigenvalue weighted by Crippen LogP contribution is -2.11. The van der Waals surface area contributed by atoms with Crippen molar-refractivity contribution >= 4 is 46.4 Å². The van der Waals surface area contributed by atoms with E-state index < -0.39 is 5.91 Å². The van der Waals surface area contributed by atoms with Gasteiger partial charge in [-0.05, 0) is 18.2 Å². The standard InChI is InChI=1S/C9H6Cl3NO2/c10-6-2-1-5(3-7(6)11)13-9(15)8(12)4-14/h1-4,14H,(H,13,15)/b8-4-. The fourth-order valence-corrected chi connectivity index (χ4v) is 1.17. The quantitative estimate of drug-likeness (QED) is 0.635. The minimum absolute atomic E-state index is 0.318. The fourth-order valence-electron chi connectivity index (χ4n) is 0.823. The molecule has 0 fully saturated rings. The lowest BCUT2D eigenvalue weighted by Gasteiger charge is -2.04. The van der Waals surface area contributed by atoms with Gasteiger partial charge in [-0.1, -0.05) is 34.8 Å². The van der Waals surface area contributed by atoms with E-state index in [2.05, 4.69) is 5.32 Å². The maximum absolute atomic E-state index is 11.2. The SMILES string of the molecule is O=C(Nc1ccc(Cl)c(Cl)c1)/C(Cl)=C/O. The maximum Gasteiger partial charge on any atom is 0.270 e. The molecule has 0 aliphatic carbocycles. The summed E-state index contributed by atoms with van der Waals surface area (Å²) in [5, 5.41) is 11.3. The average molecular weight is 267 g/mol. The molecule has 0 saturated heterocycles. The van der Waals surface area contributed by atoms with Crippen LogP contribution in [-0.4, -0.2) is 11.0 Å². The Labute approximate surface area is 101 Å². The van der Waals surface area contributed by atoms with E-state index >= 15 is 0 Å². The van der Waals surface area contributed by atoms with Crippen molar-refractivity contribution in [2.75, 3.05) is 5.32 Å². The van der Waals surface area contributed by atoms with Crippen LogP contribution in [0.25, 0.3) is 0 Å². The third-order valence-electron chi connectivity index (χ3n) is 1.51. The Morgan fingerprint density at radius 1 is 1.33 bits per heavy atom. The third-order valence-corrected chi connectivity index (χ3v) is 2.52. The highest BCUT2D eigenvalue weighted by Crippen LogP contribution is 2.25. The van der Waals surface area contributed by atoms with Crippen LogP contribution in [0.1, 0.15) is 0 Å². The molecule has 0 atom stereocenters. The van der Waals surface area contributed by atoms with Gasteiger partial charge in [0.25, 0.3) is 5.91 Å². The molecule has 1 aromatic carbocycles. The maximum atomic E-state index is 11.2. The molecular weight excluding hydrogens is 260 g/mol. The van der Waals surface area contributed by atoms with Gasteiger partial charge in [0.2, 0.25) is 0 Å². The van der Waals surface area contributed by atoms with Gasteiger partial charge in [-0.3, -0.25) is 4.79 Å². The summed E-state index contributed by atoms with van der Waals surface area (Å²) in [5.41, 5.74) is 0.439. The number of rotatable bonds is 2. The number of anilines is 1. The summed E-state index contributed by atoms with van der Waals surface area (Å²) in [5.74, 6) is -0.627. The predicted molar refractivity (Wildman–Crippen MR) is 61.7 cm³/mol. The molecule has 80 valence electrons. The van der Waals surface area contributed by atoms with Crippen LogP contribution in [-0.2, 0) is 4.79 Å². The van der Waals surface area contributed by atoms with Gasteiger partial charge in [0.15, 0.2) is 0 Å². The Hall–Kier alpha value is -0.900. The Morgan fingerprint density at radius 3 is 2.53 bits per heavy atom. The molecule has 15 heavy (non-hydrogen) atoms. The van der Waals surface area contributed by atoms with Crippen molar-refractivity contribution in [1.29, 1.82) is 0 Å². The second-order valence-corrected chi connectivity index (χ2v) is 3.78. The molecular formula is C9H6Cl3NO2. The minimum atomic E-state index is -0.627. The van der Waals surface area contributed by atoms with Gasteiger partial charge < -0.3 is 10.4 Å². The third kappa shape index (κ3) is 3.30. The summed E-state index contributed by atoms with van der Waals surface area (Å²) in [6.07, 6.45) is 0.508. The predicted octanol–water partition coefficient (Wildman–Crippen LogP) is 3.57. The topological polar surface area (TPSA) is 49.3 Å². The number of carbonyl (C=O) groups excluding carboxylic acids is 1. The van der Waals surface area contributed by atoms with E-state index in [0.29, 0.717) is 22.0 Å². The minimum Gasteiger partial charge on any atom is -0.514 e. The number of aliphatic hydroxyl groups excluding tert-OH is 1. The molecule has 0 spiro atoms. The lowest BCUT2D eigenvalue weighted by molar-refractivity contribution is -0.112. The zero-order valence-electron chi connectivity index (χ0n) is 7.30. The van der Waals surface area contributed by atoms with Crippen molar-refractivity contribution in [2.24, 2.45) is 0 Å². The molecule has 1 aromatic rings. The number of amides is 1. The number of hydrogen-bond acceptors (Lipinski definition) is 2. The van der Waals surface area contributed by atoms with Gasteiger partial charge in [0, 0.05) is 5.69 Å². The van der Waals surface area contributed by atoms with Gasteiger partial charge in [-0.15, -0.1) is 0 Å². The first-order valence-electron chi connectivity index (χ1n) is 3.81. The van der Waals surface area contributed by atoms with E-state index in [4.69, 9.17) is 39.9 Å². The molecule has 0 bridgehead atoms. The Bertz CT molecular complexity index is 418. The van der Waals surface area contributed by atoms with Crippen molar-refractivity contribution in [3.8, 4) is 0 Å². The highest BCUT2D eigenvalue weighted by Gasteiger charge is 2.07. The first-order chi connectivity index (χ1) is 7.04. The Morgan fingerprint density at radius 2 is 2.00 bits per heavy atom. The number of hydrogen-bond donors (Lipinski definition) is 2. The normalized spacial score (nSPS) is 11.3. The molecule has 0 heterocycles. The molecule has 6 heteroatoms. The summed E-state index contributed by atoms with van der Waals surface area (Å²) in [6.45, 7) is 0. The van der Waals surface area contributed by atoms with Crippen LogP contribution >= 0.6 is 34.8 Å². The van der Waals surface area contributed by atoms with Crippen molar-refractivity contribution < 1.29 is 9.90 Å². The van der Waals surface area contributed by atoms with Gasteiger partial charge in [-0.2, -0.15) is 0 Å². The van der Waals surface area contributed by atoms with E-state index in [-0.39, 0.29) is 5.03 Å². The molecule has 0 aliphatic heterocycles. The number of halogens is 3. The summed E-state index contributed by atoms with van der Waals surface area (Å²) in [4.78, 5) is 11.2. The molecule has 0 aliphatic rings. The molecule has 0 radical (unpaired) electrons. The van der Waals surface area contributed by atoms with Crippen molar-refractivity contribution in [2.45, 2.75) is 0 Å². The first-order valence-corrected chi connectivity index (χ1v) is 4.94. The average Bonchev–Trinajstić information content (AvgIpc) is 2.22. The summed E-state index contributed by atoms with van der Waals surface area (Å²) >= 11 is 16.8. The fraction of sp³-hybridized carbons (Fsp3) is 0. The number of aliphatic hydroxyl groups is 1. The second kappa shape index (κ2) is 5.26. The summed E-state index contributed by atoms with van der Waals surface area (Å²) < 4.78 is 0. The zero-order valence-corrected chi connectivity index (χ0v) is 9.57. The molecule has 0 unspecified atom stereocenters. The molecule has 2 N–H and O–H groups in total. The number of benzene rings is 1. The van der Waals surface area contributed by atoms with Crippen molar-refractivity contribution in [3.63, 3.8) is 0 Å². The lowest BCUT2D eigenvalue weighted by atomic mass is 10.3. The second-order valence-electron chi connectivity index (χ2n) is 2.56. The smallest absolute Gasteiger partial charge is 0.270 e. The van der Waals surface area contributed by atoms with Crippen LogP contribution in [0, 0.1) is 0 Å². The highest BCUT2D eigenvalue weighted by atomic mass is 35.5. The van der Waals surface area contributed by atoms with Gasteiger partial charge in [0.1, 0.15) is 11.3 Å². The molecule has 0 aromatic heterocycles. The van der Waals surface area contributed by atoms with Crippen LogP contribution < -0.4 is 5.32 Å². The zero-order chi connectivity index (χ0) is 11.4. The Balaban J connectivity index is 2.82.